The molecule has 13 heavy (non-hydrogen) atoms. The van der Waals surface area contributed by atoms with E-state index in [0.717, 1.165) is 0 Å². The maximum Gasteiger partial charge on any atom is 0.0313 e. The lowest BCUT2D eigenvalue weighted by Crippen LogP contribution is -2.33. The monoisotopic (exact) mass is 179 g/mol. The van der Waals surface area contributed by atoms with E-state index in [1.54, 1.807) is 0 Å². The van der Waals surface area contributed by atoms with Crippen LogP contribution in [0, 0.1) is 11.8 Å². The Morgan fingerprint density at radius 3 is 2.46 bits per heavy atom. The number of likely N-dealkylation sites (N-methyl/N-ethyl adjacent to an activating group) is 1. The van der Waals surface area contributed by atoms with Gasteiger partial charge in [0.25, 0.3) is 0 Å². The lowest BCUT2D eigenvalue weighted by Gasteiger charge is -2.28. The maximum absolute atomic E-state index is 3.32. The Morgan fingerprint density at radius 1 is 1.38 bits per heavy atom. The predicted octanol–water partition coefficient (Wildman–Crippen LogP) is 2.75. The van der Waals surface area contributed by atoms with Gasteiger partial charge in [-0.2, -0.15) is 0 Å². The van der Waals surface area contributed by atoms with Crippen molar-refractivity contribution in [3.8, 4) is 0 Å². The number of hydrogen-bond acceptors (Lipinski definition) is 1. The van der Waals surface area contributed by atoms with Crippen LogP contribution in [0.4, 0.5) is 0 Å². The Labute approximate surface area is 81.9 Å². The van der Waals surface area contributed by atoms with Gasteiger partial charge in [0, 0.05) is 6.04 Å². The first-order valence-electron chi connectivity index (χ1n) is 5.14. The second-order valence-electron chi connectivity index (χ2n) is 4.26. The third kappa shape index (κ3) is 2.02. The van der Waals surface area contributed by atoms with Gasteiger partial charge in [0.2, 0.25) is 0 Å². The minimum absolute atomic E-state index is 0.516. The van der Waals surface area contributed by atoms with Gasteiger partial charge in [0.15, 0.2) is 0 Å². The second kappa shape index (κ2) is 4.10. The SMILES string of the molecule is CNC1C=CC(C(C)C)=C(C)C1C. The Hall–Kier alpha value is -0.560. The normalized spacial score (nSPS) is 28.8. The van der Waals surface area contributed by atoms with Gasteiger partial charge in [-0.25, -0.2) is 0 Å². The Kier molecular flexibility index (Phi) is 3.32. The van der Waals surface area contributed by atoms with Gasteiger partial charge < -0.3 is 5.32 Å². The van der Waals surface area contributed by atoms with Gasteiger partial charge in [-0.1, -0.05) is 38.5 Å². The van der Waals surface area contributed by atoms with Crippen LogP contribution in [0.1, 0.15) is 27.7 Å². The molecule has 0 amide bonds. The molecule has 0 aliphatic heterocycles. The zero-order valence-corrected chi connectivity index (χ0v) is 9.39. The molecule has 0 saturated heterocycles. The van der Waals surface area contributed by atoms with E-state index in [2.05, 4.69) is 45.2 Å². The molecule has 0 spiro atoms. The number of rotatable bonds is 2. The molecule has 1 rings (SSSR count). The van der Waals surface area contributed by atoms with Gasteiger partial charge in [0.1, 0.15) is 0 Å². The van der Waals surface area contributed by atoms with E-state index in [-0.39, 0.29) is 0 Å². The highest BCUT2D eigenvalue weighted by atomic mass is 14.9. The third-order valence-corrected chi connectivity index (χ3v) is 3.12. The van der Waals surface area contributed by atoms with Gasteiger partial charge in [-0.3, -0.25) is 0 Å². The van der Waals surface area contributed by atoms with E-state index in [1.807, 2.05) is 7.05 Å². The first kappa shape index (κ1) is 10.5. The average Bonchev–Trinajstić information content (AvgIpc) is 2.09. The van der Waals surface area contributed by atoms with Crippen LogP contribution in [-0.4, -0.2) is 13.1 Å². The zero-order valence-electron chi connectivity index (χ0n) is 9.39. The maximum atomic E-state index is 3.32. The molecular formula is C12H21N. The first-order chi connectivity index (χ1) is 6.07. The molecule has 0 radical (unpaired) electrons. The second-order valence-corrected chi connectivity index (χ2v) is 4.26. The molecule has 1 aliphatic rings. The van der Waals surface area contributed by atoms with Crippen LogP contribution >= 0.6 is 0 Å². The highest BCUT2D eigenvalue weighted by Crippen LogP contribution is 2.28. The summed E-state index contributed by atoms with van der Waals surface area (Å²) >= 11 is 0. The predicted molar refractivity (Wildman–Crippen MR) is 58.7 cm³/mol. The van der Waals surface area contributed by atoms with Crippen LogP contribution in [0.25, 0.3) is 0 Å². The van der Waals surface area contributed by atoms with Crippen LogP contribution in [0.2, 0.25) is 0 Å². The molecule has 1 heteroatoms. The topological polar surface area (TPSA) is 12.0 Å². The lowest BCUT2D eigenvalue weighted by molar-refractivity contribution is 0.503. The van der Waals surface area contributed by atoms with Crippen LogP contribution in [0.15, 0.2) is 23.3 Å². The van der Waals surface area contributed by atoms with E-state index < -0.39 is 0 Å². The Morgan fingerprint density at radius 2 is 2.00 bits per heavy atom. The molecule has 2 unspecified atom stereocenters. The van der Waals surface area contributed by atoms with Gasteiger partial charge in [-0.15, -0.1) is 0 Å². The molecule has 0 saturated carbocycles. The van der Waals surface area contributed by atoms with Crippen molar-refractivity contribution in [2.45, 2.75) is 33.7 Å². The molecule has 0 aromatic heterocycles. The van der Waals surface area contributed by atoms with Crippen LogP contribution < -0.4 is 5.32 Å². The highest BCUT2D eigenvalue weighted by Gasteiger charge is 2.21. The van der Waals surface area contributed by atoms with Crippen molar-refractivity contribution in [3.05, 3.63) is 23.3 Å². The Balaban J connectivity index is 2.90. The van der Waals surface area contributed by atoms with Crippen LogP contribution in [0.3, 0.4) is 0 Å². The van der Waals surface area contributed by atoms with Crippen molar-refractivity contribution in [1.29, 1.82) is 0 Å². The van der Waals surface area contributed by atoms with Crippen molar-refractivity contribution in [1.82, 2.24) is 5.32 Å². The van der Waals surface area contributed by atoms with E-state index in [9.17, 15) is 0 Å². The Bertz CT molecular complexity index is 236. The molecule has 1 nitrogen and oxygen atoms in total. The first-order valence-corrected chi connectivity index (χ1v) is 5.14. The molecule has 74 valence electrons. The third-order valence-electron chi connectivity index (χ3n) is 3.12. The quantitative estimate of drug-likeness (QED) is 0.687. The summed E-state index contributed by atoms with van der Waals surface area (Å²) < 4.78 is 0. The molecule has 0 heterocycles. The smallest absolute Gasteiger partial charge is 0.0313 e. The van der Waals surface area contributed by atoms with Gasteiger partial charge in [0.05, 0.1) is 0 Å². The summed E-state index contributed by atoms with van der Waals surface area (Å²) in [5.41, 5.74) is 3.05. The summed E-state index contributed by atoms with van der Waals surface area (Å²) in [6.07, 6.45) is 4.56. The summed E-state index contributed by atoms with van der Waals surface area (Å²) in [6.45, 7) is 9.07. The molecule has 1 aliphatic carbocycles. The molecule has 2 atom stereocenters. The van der Waals surface area contributed by atoms with Gasteiger partial charge in [-0.05, 0) is 31.4 Å². The summed E-state index contributed by atoms with van der Waals surface area (Å²) in [5.74, 6) is 1.28. The van der Waals surface area contributed by atoms with E-state index in [1.165, 1.54) is 11.1 Å². The largest absolute Gasteiger partial charge is 0.313 e. The van der Waals surface area contributed by atoms with E-state index in [0.29, 0.717) is 17.9 Å². The fourth-order valence-corrected chi connectivity index (χ4v) is 2.03. The minimum atomic E-state index is 0.516. The van der Waals surface area contributed by atoms with Crippen molar-refractivity contribution < 1.29 is 0 Å². The van der Waals surface area contributed by atoms with E-state index >= 15 is 0 Å². The summed E-state index contributed by atoms with van der Waals surface area (Å²) in [5, 5.41) is 3.32. The number of nitrogens with one attached hydrogen (secondary N) is 1. The summed E-state index contributed by atoms with van der Waals surface area (Å²) in [4.78, 5) is 0. The zero-order chi connectivity index (χ0) is 10.0. The van der Waals surface area contributed by atoms with Crippen molar-refractivity contribution in [2.24, 2.45) is 11.8 Å². The van der Waals surface area contributed by atoms with Crippen molar-refractivity contribution in [2.75, 3.05) is 7.05 Å². The van der Waals surface area contributed by atoms with Gasteiger partial charge >= 0.3 is 0 Å². The lowest BCUT2D eigenvalue weighted by atomic mass is 9.82. The molecule has 1 N–H and O–H groups in total. The minimum Gasteiger partial charge on any atom is -0.313 e. The van der Waals surface area contributed by atoms with Crippen molar-refractivity contribution in [3.63, 3.8) is 0 Å². The molecule has 0 bridgehead atoms. The standard InChI is InChI=1S/C12H21N/c1-8(2)11-6-7-12(13-5)10(4)9(11)3/h6-8,10,12-13H,1-5H3. The summed E-state index contributed by atoms with van der Waals surface area (Å²) in [7, 11) is 2.03. The number of hydrogen-bond donors (Lipinski definition) is 1. The fourth-order valence-electron chi connectivity index (χ4n) is 2.03. The molecule has 0 aromatic carbocycles. The highest BCUT2D eigenvalue weighted by molar-refractivity contribution is 5.34. The molecule has 0 fully saturated rings. The number of allylic oxidation sites excluding steroid dienone is 2. The van der Waals surface area contributed by atoms with Crippen LogP contribution in [0.5, 0.6) is 0 Å². The molecule has 0 aromatic rings. The molecular weight excluding hydrogens is 158 g/mol. The van der Waals surface area contributed by atoms with Crippen molar-refractivity contribution >= 4 is 0 Å². The fraction of sp³-hybridized carbons (Fsp3) is 0.667. The van der Waals surface area contributed by atoms with Crippen LogP contribution in [-0.2, 0) is 0 Å². The summed E-state index contributed by atoms with van der Waals surface area (Å²) in [6, 6.07) is 0.516. The van der Waals surface area contributed by atoms with E-state index in [4.69, 9.17) is 0 Å². The average molecular weight is 179 g/mol.